The number of hydrogen-bond donors (Lipinski definition) is 1. The number of esters is 1. The van der Waals surface area contributed by atoms with E-state index >= 15 is 0 Å². The van der Waals surface area contributed by atoms with Crippen molar-refractivity contribution < 1.29 is 23.9 Å². The van der Waals surface area contributed by atoms with Crippen molar-refractivity contribution in [3.8, 4) is 5.75 Å². The lowest BCUT2D eigenvalue weighted by Crippen LogP contribution is -2.49. The van der Waals surface area contributed by atoms with Gasteiger partial charge in [0.05, 0.1) is 5.56 Å². The fraction of sp³-hybridized carbons (Fsp3) is 0.464. The van der Waals surface area contributed by atoms with Gasteiger partial charge in [0, 0.05) is 17.8 Å². The van der Waals surface area contributed by atoms with Crippen LogP contribution in [0.5, 0.6) is 5.75 Å². The van der Waals surface area contributed by atoms with Crippen LogP contribution in [0.4, 0.5) is 5.69 Å². The van der Waals surface area contributed by atoms with Crippen molar-refractivity contribution >= 4 is 23.5 Å². The maximum atomic E-state index is 12.6. The van der Waals surface area contributed by atoms with Gasteiger partial charge in [0.15, 0.2) is 12.7 Å². The van der Waals surface area contributed by atoms with Crippen LogP contribution in [0.3, 0.4) is 0 Å². The molecule has 2 aromatic rings. The van der Waals surface area contributed by atoms with E-state index in [1.54, 1.807) is 24.3 Å². The van der Waals surface area contributed by atoms with Gasteiger partial charge in [-0.2, -0.15) is 0 Å². The highest BCUT2D eigenvalue weighted by molar-refractivity contribution is 5.97. The molecule has 0 aliphatic carbocycles. The average molecular weight is 481 g/mol. The smallest absolute Gasteiger partial charge is 0.338 e. The number of nitrogens with one attached hydrogen (secondary N) is 1. The molecule has 3 rings (SSSR count). The van der Waals surface area contributed by atoms with Gasteiger partial charge in [-0.15, -0.1) is 0 Å². The number of nitrogens with zero attached hydrogens (tertiary/aromatic N) is 1. The van der Waals surface area contributed by atoms with Gasteiger partial charge in [0.25, 0.3) is 11.8 Å². The quantitative estimate of drug-likeness (QED) is 0.528. The van der Waals surface area contributed by atoms with Crippen LogP contribution in [0, 0.1) is 0 Å². The Labute approximate surface area is 207 Å². The first-order valence-electron chi connectivity index (χ1n) is 12.3. The summed E-state index contributed by atoms with van der Waals surface area (Å²) in [6.45, 7) is 9.82. The summed E-state index contributed by atoms with van der Waals surface area (Å²) in [6.07, 6.45) is 2.19. The molecule has 0 bridgehead atoms. The summed E-state index contributed by atoms with van der Waals surface area (Å²) in [6, 6.07) is 14.4. The average Bonchev–Trinajstić information content (AvgIpc) is 2.83. The molecule has 1 saturated heterocycles. The molecule has 0 spiro atoms. The first-order valence-corrected chi connectivity index (χ1v) is 12.3. The van der Waals surface area contributed by atoms with Crippen molar-refractivity contribution in [3.05, 3.63) is 59.7 Å². The van der Waals surface area contributed by atoms with Gasteiger partial charge >= 0.3 is 5.97 Å². The molecule has 7 heteroatoms. The van der Waals surface area contributed by atoms with Crippen LogP contribution in [0.15, 0.2) is 48.5 Å². The van der Waals surface area contributed by atoms with E-state index in [1.807, 2.05) is 29.2 Å². The molecular formula is C28H36N2O5. The number of anilines is 1. The zero-order valence-corrected chi connectivity index (χ0v) is 21.2. The minimum absolute atomic E-state index is 0.0353. The zero-order chi connectivity index (χ0) is 25.5. The lowest BCUT2D eigenvalue weighted by molar-refractivity contribution is -0.139. The Balaban J connectivity index is 1.49. The molecule has 0 aromatic heterocycles. The number of carbonyl (C=O) groups is 3. The van der Waals surface area contributed by atoms with Gasteiger partial charge in [-0.25, -0.2) is 4.79 Å². The fourth-order valence-electron chi connectivity index (χ4n) is 4.30. The van der Waals surface area contributed by atoms with E-state index in [4.69, 9.17) is 9.47 Å². The second-order valence-corrected chi connectivity index (χ2v) is 9.56. The van der Waals surface area contributed by atoms with Crippen LogP contribution in [0.25, 0.3) is 0 Å². The van der Waals surface area contributed by atoms with Crippen LogP contribution in [-0.2, 0) is 14.3 Å². The first kappa shape index (κ1) is 26.3. The summed E-state index contributed by atoms with van der Waals surface area (Å²) in [5, 5.41) is 2.76. The third-order valence-electron chi connectivity index (χ3n) is 6.43. The number of hydrogen-bond acceptors (Lipinski definition) is 5. The molecule has 0 saturated carbocycles. The zero-order valence-electron chi connectivity index (χ0n) is 21.2. The monoisotopic (exact) mass is 480 g/mol. The molecule has 2 amide bonds. The van der Waals surface area contributed by atoms with E-state index in [9.17, 15) is 14.4 Å². The van der Waals surface area contributed by atoms with Gasteiger partial charge in [-0.3, -0.25) is 9.59 Å². The Bertz CT molecular complexity index is 1010. The molecule has 1 aliphatic rings. The van der Waals surface area contributed by atoms with Gasteiger partial charge in [-0.05, 0) is 87.9 Å². The predicted molar refractivity (Wildman–Crippen MR) is 136 cm³/mol. The van der Waals surface area contributed by atoms with Crippen LogP contribution < -0.4 is 10.1 Å². The SMILES string of the molecule is CC(C)c1ccc(NC(=O)[C@H](C)OC(=O)c2ccc(OCC(=O)N3[C@H](C)CCC[C@H]3C)cc2)cc1. The van der Waals surface area contributed by atoms with Crippen molar-refractivity contribution in [1.82, 2.24) is 4.90 Å². The summed E-state index contributed by atoms with van der Waals surface area (Å²) in [5.74, 6) is -0.162. The molecule has 1 N–H and O–H groups in total. The lowest BCUT2D eigenvalue weighted by Gasteiger charge is -2.38. The Kier molecular flexibility index (Phi) is 8.90. The van der Waals surface area contributed by atoms with Crippen molar-refractivity contribution in [3.63, 3.8) is 0 Å². The summed E-state index contributed by atoms with van der Waals surface area (Å²) >= 11 is 0. The van der Waals surface area contributed by atoms with E-state index < -0.39 is 18.0 Å². The summed E-state index contributed by atoms with van der Waals surface area (Å²) in [5.41, 5.74) is 2.12. The Hall–Kier alpha value is -3.35. The molecule has 0 radical (unpaired) electrons. The van der Waals surface area contributed by atoms with Gasteiger partial charge in [-0.1, -0.05) is 26.0 Å². The molecule has 35 heavy (non-hydrogen) atoms. The number of likely N-dealkylation sites (tertiary alicyclic amines) is 1. The second kappa shape index (κ2) is 11.9. The minimum Gasteiger partial charge on any atom is -0.484 e. The highest BCUT2D eigenvalue weighted by Crippen LogP contribution is 2.23. The number of rotatable bonds is 8. The fourth-order valence-corrected chi connectivity index (χ4v) is 4.30. The third kappa shape index (κ3) is 7.07. The van der Waals surface area contributed by atoms with E-state index in [0.29, 0.717) is 22.9 Å². The Morgan fingerprint density at radius 2 is 1.54 bits per heavy atom. The Morgan fingerprint density at radius 3 is 2.11 bits per heavy atom. The molecule has 1 aliphatic heterocycles. The molecular weight excluding hydrogens is 444 g/mol. The molecule has 3 atom stereocenters. The molecule has 0 unspecified atom stereocenters. The number of benzene rings is 2. The summed E-state index contributed by atoms with van der Waals surface area (Å²) in [7, 11) is 0. The third-order valence-corrected chi connectivity index (χ3v) is 6.43. The van der Waals surface area contributed by atoms with Crippen molar-refractivity contribution in [1.29, 1.82) is 0 Å². The summed E-state index contributed by atoms with van der Waals surface area (Å²) < 4.78 is 11.0. The maximum absolute atomic E-state index is 12.6. The normalized spacial score (nSPS) is 18.6. The minimum atomic E-state index is -0.964. The van der Waals surface area contributed by atoms with E-state index in [2.05, 4.69) is 33.0 Å². The highest BCUT2D eigenvalue weighted by Gasteiger charge is 2.29. The van der Waals surface area contributed by atoms with Gasteiger partial charge in [0.2, 0.25) is 0 Å². The molecule has 7 nitrogen and oxygen atoms in total. The maximum Gasteiger partial charge on any atom is 0.338 e. The van der Waals surface area contributed by atoms with Crippen LogP contribution in [0.1, 0.15) is 75.7 Å². The van der Waals surface area contributed by atoms with Crippen molar-refractivity contribution in [2.24, 2.45) is 0 Å². The second-order valence-electron chi connectivity index (χ2n) is 9.56. The largest absolute Gasteiger partial charge is 0.484 e. The van der Waals surface area contributed by atoms with Crippen LogP contribution in [0.2, 0.25) is 0 Å². The van der Waals surface area contributed by atoms with Crippen molar-refractivity contribution in [2.75, 3.05) is 11.9 Å². The predicted octanol–water partition coefficient (Wildman–Crippen LogP) is 5.16. The van der Waals surface area contributed by atoms with Crippen LogP contribution >= 0.6 is 0 Å². The number of amides is 2. The van der Waals surface area contributed by atoms with E-state index in [0.717, 1.165) is 19.3 Å². The molecule has 1 fully saturated rings. The van der Waals surface area contributed by atoms with Gasteiger partial charge in [0.1, 0.15) is 5.75 Å². The molecule has 1 heterocycles. The number of carbonyl (C=O) groups excluding carboxylic acids is 3. The van der Waals surface area contributed by atoms with E-state index in [-0.39, 0.29) is 24.6 Å². The van der Waals surface area contributed by atoms with Gasteiger partial charge < -0.3 is 19.7 Å². The van der Waals surface area contributed by atoms with Crippen LogP contribution in [-0.4, -0.2) is 47.5 Å². The van der Waals surface area contributed by atoms with E-state index in [1.165, 1.54) is 12.5 Å². The van der Waals surface area contributed by atoms with Crippen molar-refractivity contribution in [2.45, 2.75) is 78.0 Å². The summed E-state index contributed by atoms with van der Waals surface area (Å²) in [4.78, 5) is 39.4. The lowest BCUT2D eigenvalue weighted by atomic mass is 9.97. The standard InChI is InChI=1S/C28H36N2O5/c1-18(2)22-9-13-24(14-10-22)29-27(32)21(5)35-28(33)23-11-15-25(16-12-23)34-17-26(31)30-19(3)7-6-8-20(30)4/h9-16,18-21H,6-8,17H2,1-5H3,(H,29,32)/t19-,20-,21+/m1/s1. The number of piperidine rings is 1. The number of ether oxygens (including phenoxy) is 2. The Morgan fingerprint density at radius 1 is 0.943 bits per heavy atom. The molecule has 2 aromatic carbocycles. The first-order chi connectivity index (χ1) is 16.7. The molecule has 188 valence electrons. The topological polar surface area (TPSA) is 84.9 Å². The highest BCUT2D eigenvalue weighted by atomic mass is 16.5.